The van der Waals surface area contributed by atoms with Crippen molar-refractivity contribution < 1.29 is 4.74 Å². The molecule has 17 rings (SSSR count). The second-order valence-electron chi connectivity index (χ2n) is 22.1. The number of fused-ring (bicyclic) bond motifs is 11. The molecule has 324 valence electrons. The summed E-state index contributed by atoms with van der Waals surface area (Å²) >= 11 is 0. The van der Waals surface area contributed by atoms with E-state index in [4.69, 9.17) is 19.7 Å². The van der Waals surface area contributed by atoms with Gasteiger partial charge in [-0.3, -0.25) is 4.57 Å². The fraction of sp³-hybridized carbons (Fsp3) is 0.350. The summed E-state index contributed by atoms with van der Waals surface area (Å²) in [6, 6.07) is 46.9. The smallest absolute Gasteiger partial charge is 0.238 e. The van der Waals surface area contributed by atoms with Crippen molar-refractivity contribution in [1.82, 2.24) is 23.9 Å². The number of nitrogens with zero attached hydrogens (tertiary/aromatic N) is 5. The molecule has 0 N–H and O–H groups in total. The lowest BCUT2D eigenvalue weighted by Crippen LogP contribution is -2.58. The van der Waals surface area contributed by atoms with Crippen LogP contribution in [0.15, 0.2) is 127 Å². The third kappa shape index (κ3) is 4.55. The van der Waals surface area contributed by atoms with Crippen molar-refractivity contribution in [2.75, 3.05) is 0 Å². The number of para-hydroxylation sites is 2. The van der Waals surface area contributed by atoms with Gasteiger partial charge >= 0.3 is 0 Å². The second kappa shape index (κ2) is 12.9. The van der Waals surface area contributed by atoms with Crippen LogP contribution in [0, 0.1) is 47.3 Å². The largest absolute Gasteiger partial charge is 0.358 e. The maximum Gasteiger partial charge on any atom is 0.238 e. The lowest BCUT2D eigenvalue weighted by Gasteiger charge is -2.62. The highest BCUT2D eigenvalue weighted by atomic mass is 16.5. The summed E-state index contributed by atoms with van der Waals surface area (Å²) in [5, 5.41) is 8.00. The summed E-state index contributed by atoms with van der Waals surface area (Å²) in [7, 11) is 0. The maximum absolute atomic E-state index is 8.71. The molecule has 0 radical (unpaired) electrons. The van der Waals surface area contributed by atoms with Crippen molar-refractivity contribution in [1.29, 1.82) is 0 Å². The van der Waals surface area contributed by atoms with E-state index in [1.807, 2.05) is 0 Å². The number of aromatic nitrogens is 5. The van der Waals surface area contributed by atoms with Crippen molar-refractivity contribution in [3.8, 4) is 28.7 Å². The Hall–Kier alpha value is -6.11. The molecule has 6 bridgehead atoms. The number of rotatable bonds is 3. The Morgan fingerprint density at radius 1 is 0.485 bits per heavy atom. The average molecular weight is 860 g/mol. The Morgan fingerprint density at radius 3 is 1.80 bits per heavy atom. The van der Waals surface area contributed by atoms with Crippen molar-refractivity contribution in [3.63, 3.8) is 0 Å². The van der Waals surface area contributed by atoms with Gasteiger partial charge in [-0.25, -0.2) is 4.98 Å². The number of ether oxygens (including phenoxy) is 1. The molecule has 5 heterocycles. The van der Waals surface area contributed by atoms with Gasteiger partial charge in [0, 0.05) is 43.4 Å². The molecule has 6 aromatic carbocycles. The molecular weight excluding hydrogens is 807 g/mol. The molecule has 6 fully saturated rings. The van der Waals surface area contributed by atoms with E-state index >= 15 is 0 Å². The van der Waals surface area contributed by atoms with Crippen LogP contribution in [0.5, 0.6) is 0 Å². The Bertz CT molecular complexity index is 3570. The van der Waals surface area contributed by atoms with E-state index in [0.717, 1.165) is 34.4 Å². The minimum absolute atomic E-state index is 0.325. The van der Waals surface area contributed by atoms with E-state index in [-0.39, 0.29) is 11.2 Å². The van der Waals surface area contributed by atoms with Gasteiger partial charge in [-0.05, 0) is 141 Å². The Labute approximate surface area is 384 Å². The summed E-state index contributed by atoms with van der Waals surface area (Å²) in [4.78, 5) is 16.2. The molecular formula is C60H53N5O. The van der Waals surface area contributed by atoms with Crippen molar-refractivity contribution in [2.45, 2.75) is 82.8 Å². The highest BCUT2D eigenvalue weighted by molar-refractivity contribution is 6.32. The lowest BCUT2D eigenvalue weighted by molar-refractivity contribution is -0.290. The number of hydrogen-bond acceptors (Lipinski definition) is 4. The molecule has 6 saturated carbocycles. The van der Waals surface area contributed by atoms with Crippen LogP contribution < -0.4 is 0 Å². The molecule has 4 aromatic heterocycles. The monoisotopic (exact) mass is 859 g/mol. The van der Waals surface area contributed by atoms with Crippen molar-refractivity contribution in [2.24, 2.45) is 47.3 Å². The molecule has 5 unspecified atom stereocenters. The number of benzene rings is 6. The third-order valence-electron chi connectivity index (χ3n) is 18.7. The van der Waals surface area contributed by atoms with Gasteiger partial charge in [0.25, 0.3) is 0 Å². The number of hydrogen-bond donors (Lipinski definition) is 0. The van der Waals surface area contributed by atoms with Crippen LogP contribution in [0.4, 0.5) is 0 Å². The average Bonchev–Trinajstić information content (AvgIpc) is 3.94. The first-order valence-electron chi connectivity index (χ1n) is 25.2. The molecule has 6 nitrogen and oxygen atoms in total. The predicted octanol–water partition coefficient (Wildman–Crippen LogP) is 14.4. The van der Waals surface area contributed by atoms with E-state index in [0.29, 0.717) is 47.2 Å². The highest BCUT2D eigenvalue weighted by Crippen LogP contribution is 2.73. The van der Waals surface area contributed by atoms with E-state index in [2.05, 4.69) is 150 Å². The van der Waals surface area contributed by atoms with Crippen LogP contribution in [-0.4, -0.2) is 23.9 Å². The van der Waals surface area contributed by atoms with Gasteiger partial charge in [-0.2, -0.15) is 9.97 Å². The second-order valence-corrected chi connectivity index (χ2v) is 22.1. The van der Waals surface area contributed by atoms with Crippen LogP contribution >= 0.6 is 0 Å². The van der Waals surface area contributed by atoms with Gasteiger partial charge in [0.2, 0.25) is 5.95 Å². The van der Waals surface area contributed by atoms with Gasteiger partial charge in [0.1, 0.15) is 11.2 Å². The van der Waals surface area contributed by atoms with E-state index < -0.39 is 0 Å². The van der Waals surface area contributed by atoms with E-state index in [9.17, 15) is 0 Å². The van der Waals surface area contributed by atoms with Gasteiger partial charge in [0.05, 0.1) is 27.6 Å². The Morgan fingerprint density at radius 2 is 1.08 bits per heavy atom. The van der Waals surface area contributed by atoms with Gasteiger partial charge < -0.3 is 9.14 Å². The van der Waals surface area contributed by atoms with Gasteiger partial charge in [-0.15, -0.1) is 0 Å². The highest BCUT2D eigenvalue weighted by Gasteiger charge is 2.70. The summed E-state index contributed by atoms with van der Waals surface area (Å²) in [5.41, 5.74) is 10.4. The molecule has 10 aromatic rings. The predicted molar refractivity (Wildman–Crippen MR) is 265 cm³/mol. The Balaban J connectivity index is 1.14. The van der Waals surface area contributed by atoms with Crippen LogP contribution in [0.1, 0.15) is 82.8 Å². The van der Waals surface area contributed by atoms with Crippen LogP contribution in [-0.2, 0) is 15.9 Å². The summed E-state index contributed by atoms with van der Waals surface area (Å²) in [6.45, 7) is 5.12. The molecule has 6 heteroatoms. The van der Waals surface area contributed by atoms with E-state index in [1.165, 1.54) is 118 Å². The molecule has 0 amide bonds. The van der Waals surface area contributed by atoms with Crippen LogP contribution in [0.2, 0.25) is 0 Å². The zero-order valence-electron chi connectivity index (χ0n) is 37.8. The summed E-state index contributed by atoms with van der Waals surface area (Å²) < 4.78 is 13.8. The fourth-order valence-electron chi connectivity index (χ4n) is 16.8. The molecule has 2 spiro atoms. The topological polar surface area (TPSA) is 57.2 Å². The van der Waals surface area contributed by atoms with Crippen molar-refractivity contribution >= 4 is 59.9 Å². The molecule has 7 aliphatic rings. The van der Waals surface area contributed by atoms with Crippen LogP contribution in [0.3, 0.4) is 0 Å². The van der Waals surface area contributed by atoms with E-state index in [1.54, 1.807) is 5.56 Å². The molecule has 1 aliphatic heterocycles. The third-order valence-corrected chi connectivity index (χ3v) is 18.7. The summed E-state index contributed by atoms with van der Waals surface area (Å²) in [6.07, 6.45) is 11.7. The normalized spacial score (nSPS) is 31.0. The molecule has 6 aliphatic carbocycles. The zero-order valence-corrected chi connectivity index (χ0v) is 37.8. The quantitative estimate of drug-likeness (QED) is 0.178. The van der Waals surface area contributed by atoms with Gasteiger partial charge in [0.15, 0.2) is 11.6 Å². The lowest BCUT2D eigenvalue weighted by atomic mass is 9.48. The minimum atomic E-state index is -0.374. The molecule has 5 atom stereocenters. The molecule has 66 heavy (non-hydrogen) atoms. The fourth-order valence-corrected chi connectivity index (χ4v) is 16.8. The summed E-state index contributed by atoms with van der Waals surface area (Å²) in [5.74, 6) is 7.06. The zero-order chi connectivity index (χ0) is 43.2. The first kappa shape index (κ1) is 37.0. The maximum atomic E-state index is 8.71. The SMILES string of the molecule is CC1CC2CC(C)C3(OC4(c5c3cc3c6c5c5cccc7c8ccccc8n(c8cccc(c68)n3-c3nc(-c6ccccc6)nc(-c6ccccc6)n3)c75)C3CC5CC(C3)CC4C5)C(C1)C2. The van der Waals surface area contributed by atoms with Gasteiger partial charge in [-0.1, -0.05) is 117 Å². The standard InChI is InChI=1S/C60H53N5O/c1-33-23-35-25-34(2)59(40(24-33)27-35)46-32-50-53-51(54(46)60(66-59)41-28-36-26-37(30-41)31-42(60)29-36)45-19-11-18-44-43-17-9-10-20-47(43)64(55(44)45)48-21-12-22-49(52(48)53)65(50)58-62-56(38-13-5-3-6-14-38)61-57(63-58)39-15-7-4-8-16-39/h3-22,32-37,40-42H,23-31H2,1-2H3. The first-order valence-corrected chi connectivity index (χ1v) is 25.2. The molecule has 0 saturated heterocycles. The van der Waals surface area contributed by atoms with Crippen molar-refractivity contribution in [3.05, 3.63) is 139 Å². The van der Waals surface area contributed by atoms with Crippen LogP contribution in [0.25, 0.3) is 88.6 Å². The first-order chi connectivity index (χ1) is 32.5. The Kier molecular flexibility index (Phi) is 7.21. The minimum Gasteiger partial charge on any atom is -0.358 e.